The molecule has 1 aliphatic rings. The molecule has 1 atom stereocenters. The number of amides is 1. The molecule has 1 fully saturated rings. The van der Waals surface area contributed by atoms with Gasteiger partial charge in [-0.2, -0.15) is 9.71 Å². The van der Waals surface area contributed by atoms with Crippen molar-refractivity contribution in [3.05, 3.63) is 60.0 Å². The molecule has 0 radical (unpaired) electrons. The maximum Gasteiger partial charge on any atom is 0.241 e. The molecule has 0 bridgehead atoms. The second-order valence-electron chi connectivity index (χ2n) is 8.45. The van der Waals surface area contributed by atoms with Crippen molar-refractivity contribution in [3.8, 4) is 17.1 Å². The summed E-state index contributed by atoms with van der Waals surface area (Å²) >= 11 is 0. The van der Waals surface area contributed by atoms with Crippen LogP contribution in [0.4, 0.5) is 0 Å². The number of carbonyl (C=O) groups excluding carboxylic acids is 1. The van der Waals surface area contributed by atoms with Crippen LogP contribution in [-0.2, 0) is 21.4 Å². The van der Waals surface area contributed by atoms with E-state index in [1.54, 1.807) is 24.0 Å². The van der Waals surface area contributed by atoms with Gasteiger partial charge in [-0.05, 0) is 43.7 Å². The Labute approximate surface area is 204 Å². The lowest BCUT2D eigenvalue weighted by Crippen LogP contribution is -2.53. The summed E-state index contributed by atoms with van der Waals surface area (Å²) in [5.74, 6) is 1.37. The molecule has 1 aromatic heterocycles. The van der Waals surface area contributed by atoms with Crippen molar-refractivity contribution in [2.75, 3.05) is 33.3 Å². The van der Waals surface area contributed by atoms with Crippen LogP contribution in [0.3, 0.4) is 0 Å². The average molecular weight is 500 g/mol. The van der Waals surface area contributed by atoms with Crippen molar-refractivity contribution in [2.45, 2.75) is 31.3 Å². The van der Waals surface area contributed by atoms with Crippen molar-refractivity contribution >= 4 is 15.9 Å². The van der Waals surface area contributed by atoms with E-state index in [2.05, 4.69) is 19.8 Å². The van der Waals surface area contributed by atoms with Gasteiger partial charge >= 0.3 is 0 Å². The molecule has 1 amide bonds. The Kier molecular flexibility index (Phi) is 7.48. The van der Waals surface area contributed by atoms with Crippen molar-refractivity contribution in [1.29, 1.82) is 0 Å². The van der Waals surface area contributed by atoms with Crippen LogP contribution in [0.25, 0.3) is 11.4 Å². The average Bonchev–Trinajstić information content (AvgIpc) is 3.32. The number of aromatic nitrogens is 2. The van der Waals surface area contributed by atoms with Crippen LogP contribution in [0.2, 0.25) is 0 Å². The number of hydrogen-bond donors (Lipinski definition) is 1. The third kappa shape index (κ3) is 5.87. The minimum absolute atomic E-state index is 0.0763. The quantitative estimate of drug-likeness (QED) is 0.501. The fourth-order valence-corrected chi connectivity index (χ4v) is 5.15. The number of sulfonamides is 1. The smallest absolute Gasteiger partial charge is 0.241 e. The van der Waals surface area contributed by atoms with Gasteiger partial charge in [0.25, 0.3) is 0 Å². The molecule has 4 rings (SSSR count). The first-order valence-corrected chi connectivity index (χ1v) is 12.8. The molecule has 1 saturated heterocycles. The van der Waals surface area contributed by atoms with Crippen LogP contribution >= 0.6 is 0 Å². The van der Waals surface area contributed by atoms with Crippen LogP contribution < -0.4 is 9.46 Å². The summed E-state index contributed by atoms with van der Waals surface area (Å²) < 4.78 is 38.3. The number of hydrogen-bond acceptors (Lipinski definition) is 8. The predicted octanol–water partition coefficient (Wildman–Crippen LogP) is 2.06. The van der Waals surface area contributed by atoms with E-state index < -0.39 is 16.1 Å². The van der Waals surface area contributed by atoms with E-state index in [-0.39, 0.29) is 10.8 Å². The molecule has 0 aliphatic carbocycles. The number of benzene rings is 2. The monoisotopic (exact) mass is 499 g/mol. The zero-order chi connectivity index (χ0) is 25.0. The Bertz CT molecular complexity index is 1270. The zero-order valence-electron chi connectivity index (χ0n) is 20.0. The lowest BCUT2D eigenvalue weighted by atomic mass is 10.1. The highest BCUT2D eigenvalue weighted by atomic mass is 32.2. The molecule has 3 aromatic rings. The number of rotatable bonds is 8. The number of aryl methyl sites for hydroxylation is 1. The van der Waals surface area contributed by atoms with Crippen molar-refractivity contribution < 1.29 is 22.5 Å². The molecular formula is C24H29N5O5S. The van der Waals surface area contributed by atoms with E-state index >= 15 is 0 Å². The van der Waals surface area contributed by atoms with Crippen LogP contribution in [0.5, 0.6) is 5.75 Å². The van der Waals surface area contributed by atoms with E-state index in [4.69, 9.17) is 9.26 Å². The molecule has 0 spiro atoms. The molecule has 1 aliphatic heterocycles. The molecule has 10 nitrogen and oxygen atoms in total. The minimum atomic E-state index is -3.83. The maximum atomic E-state index is 12.9. The SMILES string of the molecule is COc1ccc(S(=O)(=O)N[C@@H](C)C(=O)N2CCN(Cc3nc(-c4ccccc4C)no3)CC2)cc1. The Morgan fingerprint density at radius 3 is 2.46 bits per heavy atom. The lowest BCUT2D eigenvalue weighted by molar-refractivity contribution is -0.134. The van der Waals surface area contributed by atoms with Crippen LogP contribution in [0.1, 0.15) is 18.4 Å². The van der Waals surface area contributed by atoms with Crippen LogP contribution in [-0.4, -0.2) is 73.6 Å². The van der Waals surface area contributed by atoms with E-state index in [9.17, 15) is 13.2 Å². The largest absolute Gasteiger partial charge is 0.497 e. The van der Waals surface area contributed by atoms with Gasteiger partial charge in [-0.15, -0.1) is 0 Å². The number of carbonyl (C=O) groups is 1. The first-order chi connectivity index (χ1) is 16.8. The maximum absolute atomic E-state index is 12.9. The Morgan fingerprint density at radius 1 is 1.11 bits per heavy atom. The van der Waals surface area contributed by atoms with E-state index in [0.717, 1.165) is 11.1 Å². The number of nitrogens with zero attached hydrogens (tertiary/aromatic N) is 4. The fourth-order valence-electron chi connectivity index (χ4n) is 3.95. The fraction of sp³-hybridized carbons (Fsp3) is 0.375. The molecule has 0 unspecified atom stereocenters. The Hall–Kier alpha value is -3.28. The Morgan fingerprint density at radius 2 is 1.80 bits per heavy atom. The number of ether oxygens (including phenoxy) is 1. The molecule has 1 N–H and O–H groups in total. The number of nitrogens with one attached hydrogen (secondary N) is 1. The second-order valence-corrected chi connectivity index (χ2v) is 10.2. The first-order valence-electron chi connectivity index (χ1n) is 11.3. The molecule has 35 heavy (non-hydrogen) atoms. The molecule has 0 saturated carbocycles. The van der Waals surface area contributed by atoms with Crippen molar-refractivity contribution in [3.63, 3.8) is 0 Å². The summed E-state index contributed by atoms with van der Waals surface area (Å²) in [4.78, 5) is 21.3. The van der Waals surface area contributed by atoms with Gasteiger partial charge in [0.1, 0.15) is 5.75 Å². The summed E-state index contributed by atoms with van der Waals surface area (Å²) in [7, 11) is -2.33. The summed E-state index contributed by atoms with van der Waals surface area (Å²) in [6, 6.07) is 13.0. The highest BCUT2D eigenvalue weighted by Crippen LogP contribution is 2.21. The van der Waals surface area contributed by atoms with Crippen molar-refractivity contribution in [1.82, 2.24) is 24.7 Å². The minimum Gasteiger partial charge on any atom is -0.497 e. The third-order valence-electron chi connectivity index (χ3n) is 5.97. The van der Waals surface area contributed by atoms with Crippen LogP contribution in [0, 0.1) is 6.92 Å². The standard InChI is InChI=1S/C24H29N5O5S/c1-17-6-4-5-7-21(17)23-25-22(34-26-23)16-28-12-14-29(15-13-28)24(30)18(2)27-35(31,32)20-10-8-19(33-3)9-11-20/h4-11,18,27H,12-16H2,1-3H3/t18-/m0/s1. The van der Waals surface area contributed by atoms with E-state index in [1.165, 1.54) is 19.2 Å². The van der Waals surface area contributed by atoms with Gasteiger partial charge in [0, 0.05) is 31.7 Å². The first kappa shape index (κ1) is 24.8. The van der Waals surface area contributed by atoms with Crippen molar-refractivity contribution in [2.24, 2.45) is 0 Å². The summed E-state index contributed by atoms with van der Waals surface area (Å²) in [5.41, 5.74) is 2.01. The van der Waals surface area contributed by atoms with Gasteiger partial charge in [0.05, 0.1) is 24.6 Å². The van der Waals surface area contributed by atoms with Gasteiger partial charge in [0.15, 0.2) is 0 Å². The lowest BCUT2D eigenvalue weighted by Gasteiger charge is -2.35. The highest BCUT2D eigenvalue weighted by molar-refractivity contribution is 7.89. The van der Waals surface area contributed by atoms with Gasteiger partial charge < -0.3 is 14.2 Å². The summed E-state index contributed by atoms with van der Waals surface area (Å²) in [6.45, 7) is 6.23. The summed E-state index contributed by atoms with van der Waals surface area (Å²) in [5, 5.41) is 4.10. The predicted molar refractivity (Wildman–Crippen MR) is 129 cm³/mol. The molecule has 2 heterocycles. The summed E-state index contributed by atoms with van der Waals surface area (Å²) in [6.07, 6.45) is 0. The molecule has 186 valence electrons. The zero-order valence-corrected chi connectivity index (χ0v) is 20.8. The van der Waals surface area contributed by atoms with Gasteiger partial charge in [-0.1, -0.05) is 29.4 Å². The van der Waals surface area contributed by atoms with E-state index in [1.807, 2.05) is 31.2 Å². The number of piperazine rings is 1. The van der Waals surface area contributed by atoms with Gasteiger partial charge in [0.2, 0.25) is 27.6 Å². The second kappa shape index (κ2) is 10.5. The molecule has 11 heteroatoms. The van der Waals surface area contributed by atoms with Gasteiger partial charge in [-0.3, -0.25) is 9.69 Å². The Balaban J connectivity index is 1.29. The normalized spacial score (nSPS) is 15.7. The molecule has 2 aromatic carbocycles. The van der Waals surface area contributed by atoms with E-state index in [0.29, 0.717) is 50.2 Å². The molecular weight excluding hydrogens is 470 g/mol. The van der Waals surface area contributed by atoms with Crippen LogP contribution in [0.15, 0.2) is 57.9 Å². The third-order valence-corrected chi connectivity index (χ3v) is 7.53. The topological polar surface area (TPSA) is 118 Å². The number of methoxy groups -OCH3 is 1. The van der Waals surface area contributed by atoms with Gasteiger partial charge in [-0.25, -0.2) is 8.42 Å². The highest BCUT2D eigenvalue weighted by Gasteiger charge is 2.29.